The van der Waals surface area contributed by atoms with Gasteiger partial charge >= 0.3 is 5.97 Å². The Morgan fingerprint density at radius 2 is 2.15 bits per heavy atom. The molecule has 0 aliphatic heterocycles. The zero-order valence-electron chi connectivity index (χ0n) is 9.37. The van der Waals surface area contributed by atoms with Crippen molar-refractivity contribution in [1.82, 2.24) is 10.2 Å². The van der Waals surface area contributed by atoms with Crippen molar-refractivity contribution in [2.75, 3.05) is 4.72 Å². The zero-order valence-corrected chi connectivity index (χ0v) is 12.6. The second-order valence-corrected chi connectivity index (χ2v) is 6.82. The fourth-order valence-corrected chi connectivity index (χ4v) is 3.73. The first-order chi connectivity index (χ1) is 9.31. The van der Waals surface area contributed by atoms with Crippen molar-refractivity contribution in [3.63, 3.8) is 0 Å². The highest BCUT2D eigenvalue weighted by atomic mass is 79.9. The van der Waals surface area contributed by atoms with Gasteiger partial charge in [-0.05, 0) is 12.1 Å². The fourth-order valence-electron chi connectivity index (χ4n) is 1.30. The first kappa shape index (κ1) is 14.8. The number of nitrogens with one attached hydrogen (secondary N) is 1. The number of carboxylic acid groups (broad SMARTS) is 1. The summed E-state index contributed by atoms with van der Waals surface area (Å²) in [6.45, 7) is 0. The largest absolute Gasteiger partial charge is 0.478 e. The number of carboxylic acids is 1. The van der Waals surface area contributed by atoms with Crippen LogP contribution in [0.15, 0.2) is 27.0 Å². The highest BCUT2D eigenvalue weighted by Gasteiger charge is 2.25. The quantitative estimate of drug-likeness (QED) is 0.837. The predicted octanol–water partition coefficient (Wildman–Crippen LogP) is 1.94. The molecule has 1 aromatic heterocycles. The first-order valence-electron chi connectivity index (χ1n) is 4.82. The number of nitrogens with zero attached hydrogens (tertiary/aromatic N) is 2. The average molecular weight is 382 g/mol. The number of sulfonamides is 1. The molecular weight excluding hydrogens is 377 g/mol. The molecule has 0 spiro atoms. The highest BCUT2D eigenvalue weighted by molar-refractivity contribution is 9.10. The minimum Gasteiger partial charge on any atom is -0.478 e. The van der Waals surface area contributed by atoms with Gasteiger partial charge in [0, 0.05) is 4.47 Å². The molecule has 1 heterocycles. The van der Waals surface area contributed by atoms with Crippen LogP contribution < -0.4 is 4.72 Å². The Labute approximate surface area is 124 Å². The Balaban J connectivity index is 2.54. The van der Waals surface area contributed by atoms with Crippen LogP contribution in [0.1, 0.15) is 10.4 Å². The molecule has 0 saturated heterocycles. The van der Waals surface area contributed by atoms with Crippen LogP contribution in [-0.4, -0.2) is 29.7 Å². The summed E-state index contributed by atoms with van der Waals surface area (Å²) in [5.74, 6) is -2.92. The summed E-state index contributed by atoms with van der Waals surface area (Å²) in [6, 6.07) is 1.94. The summed E-state index contributed by atoms with van der Waals surface area (Å²) in [7, 11) is -4.30. The third-order valence-corrected chi connectivity index (χ3v) is 4.64. The molecule has 0 radical (unpaired) electrons. The van der Waals surface area contributed by atoms with E-state index in [0.29, 0.717) is 0 Å². The van der Waals surface area contributed by atoms with Crippen molar-refractivity contribution in [1.29, 1.82) is 0 Å². The van der Waals surface area contributed by atoms with E-state index in [1.165, 1.54) is 5.51 Å². The maximum absolute atomic E-state index is 14.0. The van der Waals surface area contributed by atoms with Crippen molar-refractivity contribution < 1.29 is 22.7 Å². The van der Waals surface area contributed by atoms with E-state index in [-0.39, 0.29) is 9.60 Å². The number of aromatic nitrogens is 2. The van der Waals surface area contributed by atoms with Crippen LogP contribution in [0.2, 0.25) is 0 Å². The molecule has 2 aromatic rings. The van der Waals surface area contributed by atoms with Crippen molar-refractivity contribution in [3.05, 3.63) is 33.5 Å². The van der Waals surface area contributed by atoms with E-state index in [9.17, 15) is 17.6 Å². The van der Waals surface area contributed by atoms with Crippen LogP contribution in [0.3, 0.4) is 0 Å². The minimum absolute atomic E-state index is 0.0544. The number of rotatable bonds is 4. The summed E-state index contributed by atoms with van der Waals surface area (Å²) in [4.78, 5) is 10.1. The molecule has 106 valence electrons. The second kappa shape index (κ2) is 5.42. The maximum atomic E-state index is 14.0. The smallest absolute Gasteiger partial charge is 0.338 e. The van der Waals surface area contributed by atoms with E-state index in [1.54, 1.807) is 0 Å². The van der Waals surface area contributed by atoms with E-state index >= 15 is 0 Å². The Hall–Kier alpha value is -1.59. The van der Waals surface area contributed by atoms with E-state index in [4.69, 9.17) is 5.11 Å². The van der Waals surface area contributed by atoms with Gasteiger partial charge < -0.3 is 5.11 Å². The molecule has 7 nitrogen and oxygen atoms in total. The van der Waals surface area contributed by atoms with Crippen molar-refractivity contribution in [2.45, 2.75) is 4.90 Å². The molecule has 20 heavy (non-hydrogen) atoms. The van der Waals surface area contributed by atoms with Gasteiger partial charge in [-0.25, -0.2) is 17.6 Å². The Kier molecular flexibility index (Phi) is 4.01. The van der Waals surface area contributed by atoms with Gasteiger partial charge in [-0.15, -0.1) is 10.2 Å². The second-order valence-electron chi connectivity index (χ2n) is 3.42. The SMILES string of the molecule is O=C(O)c1cc(Br)cc(S(=O)(=O)Nc2nncs2)c1F. The number of hydrogen-bond donors (Lipinski definition) is 2. The summed E-state index contributed by atoms with van der Waals surface area (Å²) < 4.78 is 40.1. The molecule has 1 aromatic carbocycles. The summed E-state index contributed by atoms with van der Waals surface area (Å²) in [5, 5.41) is 15.7. The minimum atomic E-state index is -4.30. The number of benzene rings is 1. The molecule has 0 fully saturated rings. The van der Waals surface area contributed by atoms with Gasteiger partial charge in [0.1, 0.15) is 10.4 Å². The molecular formula is C9H5BrFN3O4S2. The third-order valence-electron chi connectivity index (χ3n) is 2.11. The molecule has 2 N–H and O–H groups in total. The van der Waals surface area contributed by atoms with Crippen LogP contribution in [0.4, 0.5) is 9.52 Å². The number of aromatic carboxylic acids is 1. The lowest BCUT2D eigenvalue weighted by atomic mass is 10.2. The molecule has 0 saturated carbocycles. The molecule has 11 heteroatoms. The normalized spacial score (nSPS) is 11.3. The van der Waals surface area contributed by atoms with E-state index in [1.807, 2.05) is 4.72 Å². The molecule has 0 aliphatic rings. The van der Waals surface area contributed by atoms with Crippen LogP contribution in [0, 0.1) is 5.82 Å². The third kappa shape index (κ3) is 2.94. The topological polar surface area (TPSA) is 109 Å². The monoisotopic (exact) mass is 381 g/mol. The lowest BCUT2D eigenvalue weighted by Gasteiger charge is -2.08. The zero-order chi connectivity index (χ0) is 14.9. The lowest BCUT2D eigenvalue weighted by Crippen LogP contribution is -2.16. The van der Waals surface area contributed by atoms with E-state index in [2.05, 4.69) is 26.1 Å². The lowest BCUT2D eigenvalue weighted by molar-refractivity contribution is 0.0691. The van der Waals surface area contributed by atoms with Crippen LogP contribution in [0.5, 0.6) is 0 Å². The van der Waals surface area contributed by atoms with Gasteiger partial charge in [0.15, 0.2) is 5.82 Å². The predicted molar refractivity (Wildman–Crippen MR) is 71.8 cm³/mol. The molecule has 0 aliphatic carbocycles. The Morgan fingerprint density at radius 1 is 1.45 bits per heavy atom. The van der Waals surface area contributed by atoms with Gasteiger partial charge in [-0.2, -0.15) is 0 Å². The van der Waals surface area contributed by atoms with Crippen LogP contribution in [-0.2, 0) is 10.0 Å². The fraction of sp³-hybridized carbons (Fsp3) is 0. The molecule has 0 unspecified atom stereocenters. The van der Waals surface area contributed by atoms with Gasteiger partial charge in [-0.1, -0.05) is 27.3 Å². The summed E-state index contributed by atoms with van der Waals surface area (Å²) >= 11 is 3.84. The highest BCUT2D eigenvalue weighted by Crippen LogP contribution is 2.26. The molecule has 2 rings (SSSR count). The maximum Gasteiger partial charge on any atom is 0.338 e. The standard InChI is InChI=1S/C9H5BrFN3O4S2/c10-4-1-5(8(15)16)7(11)6(2-4)20(17,18)14-9-13-12-3-19-9/h1-3H,(H,13,14)(H,15,16). The van der Waals surface area contributed by atoms with Gasteiger partial charge in [0.2, 0.25) is 5.13 Å². The number of anilines is 1. The van der Waals surface area contributed by atoms with E-state index < -0.39 is 32.3 Å². The summed E-state index contributed by atoms with van der Waals surface area (Å²) in [5.41, 5.74) is 0.537. The molecule has 0 atom stereocenters. The van der Waals surface area contributed by atoms with E-state index in [0.717, 1.165) is 23.5 Å². The Morgan fingerprint density at radius 3 is 2.70 bits per heavy atom. The molecule has 0 amide bonds. The summed E-state index contributed by atoms with van der Waals surface area (Å²) in [6.07, 6.45) is 0. The number of halogens is 2. The van der Waals surface area contributed by atoms with Gasteiger partial charge in [0.05, 0.1) is 5.56 Å². The van der Waals surface area contributed by atoms with Gasteiger partial charge in [-0.3, -0.25) is 4.72 Å². The first-order valence-corrected chi connectivity index (χ1v) is 7.98. The number of carbonyl (C=O) groups is 1. The van der Waals surface area contributed by atoms with Gasteiger partial charge in [0.25, 0.3) is 10.0 Å². The van der Waals surface area contributed by atoms with Crippen molar-refractivity contribution in [3.8, 4) is 0 Å². The number of hydrogen-bond acceptors (Lipinski definition) is 6. The average Bonchev–Trinajstić information content (AvgIpc) is 2.83. The Bertz CT molecular complexity index is 764. The van der Waals surface area contributed by atoms with Crippen molar-refractivity contribution in [2.24, 2.45) is 0 Å². The van der Waals surface area contributed by atoms with Crippen LogP contribution in [0.25, 0.3) is 0 Å². The van der Waals surface area contributed by atoms with Crippen molar-refractivity contribution >= 4 is 48.4 Å². The van der Waals surface area contributed by atoms with Crippen LogP contribution >= 0.6 is 27.3 Å². The molecule has 0 bridgehead atoms.